The molecule has 0 bridgehead atoms. The molecule has 8 N–H and O–H groups in total. The molecule has 0 saturated heterocycles. The van der Waals surface area contributed by atoms with E-state index in [-0.39, 0.29) is 11.1 Å². The fourth-order valence-electron chi connectivity index (χ4n) is 2.56. The number of hydrogen-bond acceptors (Lipinski definition) is 8. The summed E-state index contributed by atoms with van der Waals surface area (Å²) in [7, 11) is 0. The molecular formula is C16H18O8. The molecule has 0 aliphatic rings. The Hall–Kier alpha value is -3.16. The van der Waals surface area contributed by atoms with Crippen LogP contribution in [0.1, 0.15) is 30.9 Å². The van der Waals surface area contributed by atoms with E-state index in [0.717, 1.165) is 0 Å². The maximum atomic E-state index is 10.4. The molecule has 8 nitrogen and oxygen atoms in total. The van der Waals surface area contributed by atoms with Gasteiger partial charge in [-0.15, -0.1) is 0 Å². The van der Waals surface area contributed by atoms with Crippen LogP contribution in [0.2, 0.25) is 0 Å². The predicted molar refractivity (Wildman–Crippen MR) is 84.0 cm³/mol. The van der Waals surface area contributed by atoms with Crippen molar-refractivity contribution in [1.29, 1.82) is 0 Å². The van der Waals surface area contributed by atoms with E-state index in [1.807, 2.05) is 0 Å². The third kappa shape index (κ3) is 2.15. The van der Waals surface area contributed by atoms with Gasteiger partial charge >= 0.3 is 0 Å². The van der Waals surface area contributed by atoms with Crippen LogP contribution in [0.3, 0.4) is 0 Å². The van der Waals surface area contributed by atoms with Crippen LogP contribution in [0.25, 0.3) is 11.1 Å². The van der Waals surface area contributed by atoms with Crippen LogP contribution < -0.4 is 0 Å². The molecule has 8 heteroatoms. The van der Waals surface area contributed by atoms with Crippen LogP contribution in [0.15, 0.2) is 0 Å². The van der Waals surface area contributed by atoms with Crippen LogP contribution in [-0.2, 0) is 0 Å². The number of hydrogen-bond donors (Lipinski definition) is 8. The lowest BCUT2D eigenvalue weighted by atomic mass is 9.91. The summed E-state index contributed by atoms with van der Waals surface area (Å²) in [5.74, 6) is -7.41. The number of rotatable bonds is 2. The Bertz CT molecular complexity index is 810. The average molecular weight is 338 g/mol. The molecule has 2 aromatic carbocycles. The molecule has 0 unspecified atom stereocenters. The van der Waals surface area contributed by atoms with Crippen molar-refractivity contribution in [2.75, 3.05) is 0 Å². The Morgan fingerprint density at radius 3 is 1.38 bits per heavy atom. The summed E-state index contributed by atoms with van der Waals surface area (Å²) in [4.78, 5) is 0. The van der Waals surface area contributed by atoms with Crippen LogP contribution in [0, 0.1) is 6.92 Å². The Kier molecular flexibility index (Phi) is 3.93. The molecular weight excluding hydrogens is 320 g/mol. The van der Waals surface area contributed by atoms with Gasteiger partial charge in [-0.3, -0.25) is 0 Å². The monoisotopic (exact) mass is 338 g/mol. The van der Waals surface area contributed by atoms with E-state index in [0.29, 0.717) is 0 Å². The van der Waals surface area contributed by atoms with Gasteiger partial charge < -0.3 is 40.9 Å². The van der Waals surface area contributed by atoms with Crippen molar-refractivity contribution in [1.82, 2.24) is 0 Å². The highest BCUT2D eigenvalue weighted by molar-refractivity contribution is 5.92. The first kappa shape index (κ1) is 17.2. The fourth-order valence-corrected chi connectivity index (χ4v) is 2.56. The van der Waals surface area contributed by atoms with Crippen LogP contribution in [-0.4, -0.2) is 40.9 Å². The first-order chi connectivity index (χ1) is 11.0. The molecule has 2 rings (SSSR count). The normalized spacial score (nSPS) is 11.2. The second-order valence-electron chi connectivity index (χ2n) is 5.73. The molecule has 2 aromatic rings. The van der Waals surface area contributed by atoms with Gasteiger partial charge in [-0.1, -0.05) is 13.8 Å². The quantitative estimate of drug-likeness (QED) is 0.306. The van der Waals surface area contributed by atoms with Crippen LogP contribution in [0.4, 0.5) is 0 Å². The largest absolute Gasteiger partial charge is 0.507 e. The van der Waals surface area contributed by atoms with Crippen molar-refractivity contribution in [3.8, 4) is 57.1 Å². The van der Waals surface area contributed by atoms with Gasteiger partial charge in [0.2, 0.25) is 11.5 Å². The molecule has 0 amide bonds. The molecule has 0 heterocycles. The van der Waals surface area contributed by atoms with Crippen LogP contribution >= 0.6 is 0 Å². The zero-order chi connectivity index (χ0) is 18.5. The summed E-state index contributed by atoms with van der Waals surface area (Å²) < 4.78 is 0. The standard InChI is InChI=1S/C16H18O8/c1-4(2)6-11(19)8(14(22)16(24)12(6)20)7-9(17)5(3)10(18)15(23)13(7)21/h4,17-24H,1-3H3. The van der Waals surface area contributed by atoms with Gasteiger partial charge in [0.15, 0.2) is 23.0 Å². The molecule has 24 heavy (non-hydrogen) atoms. The van der Waals surface area contributed by atoms with Crippen molar-refractivity contribution < 1.29 is 40.9 Å². The van der Waals surface area contributed by atoms with E-state index < -0.39 is 63.0 Å². The molecule has 0 aromatic heterocycles. The average Bonchev–Trinajstić information content (AvgIpc) is 2.52. The van der Waals surface area contributed by atoms with Crippen molar-refractivity contribution >= 4 is 0 Å². The second-order valence-corrected chi connectivity index (χ2v) is 5.73. The minimum atomic E-state index is -1.01. The van der Waals surface area contributed by atoms with Gasteiger partial charge in [0, 0.05) is 11.1 Å². The summed E-state index contributed by atoms with van der Waals surface area (Å²) in [6.07, 6.45) is 0. The minimum Gasteiger partial charge on any atom is -0.507 e. The third-order valence-electron chi connectivity index (χ3n) is 3.89. The smallest absolute Gasteiger partial charge is 0.201 e. The number of aromatic hydroxyl groups is 8. The summed E-state index contributed by atoms with van der Waals surface area (Å²) >= 11 is 0. The number of phenolic OH excluding ortho intramolecular Hbond substituents is 8. The van der Waals surface area contributed by atoms with Gasteiger partial charge in [0.1, 0.15) is 11.5 Å². The maximum Gasteiger partial charge on any atom is 0.201 e. The van der Waals surface area contributed by atoms with Crippen molar-refractivity contribution in [3.63, 3.8) is 0 Å². The molecule has 0 aliphatic heterocycles. The highest BCUT2D eigenvalue weighted by Crippen LogP contribution is 2.59. The number of phenols is 8. The third-order valence-corrected chi connectivity index (χ3v) is 3.89. The zero-order valence-corrected chi connectivity index (χ0v) is 13.2. The summed E-state index contributed by atoms with van der Waals surface area (Å²) in [5.41, 5.74) is -1.56. The molecule has 0 atom stereocenters. The summed E-state index contributed by atoms with van der Waals surface area (Å²) in [6, 6.07) is 0. The molecule has 130 valence electrons. The van der Waals surface area contributed by atoms with Gasteiger partial charge in [0.05, 0.1) is 11.1 Å². The van der Waals surface area contributed by atoms with Gasteiger partial charge in [-0.25, -0.2) is 0 Å². The van der Waals surface area contributed by atoms with E-state index in [2.05, 4.69) is 0 Å². The Labute approximate surface area is 136 Å². The van der Waals surface area contributed by atoms with E-state index in [9.17, 15) is 40.9 Å². The van der Waals surface area contributed by atoms with Gasteiger partial charge in [0.25, 0.3) is 0 Å². The second kappa shape index (κ2) is 5.48. The minimum absolute atomic E-state index is 0.135. The molecule has 0 fully saturated rings. The first-order valence-corrected chi connectivity index (χ1v) is 6.98. The molecule has 0 aliphatic carbocycles. The highest BCUT2D eigenvalue weighted by atomic mass is 16.3. The Morgan fingerprint density at radius 2 is 0.917 bits per heavy atom. The molecule has 0 spiro atoms. The lowest BCUT2D eigenvalue weighted by Crippen LogP contribution is -1.95. The SMILES string of the molecule is Cc1c(O)c(O)c(O)c(-c2c(O)c(O)c(O)c(C(C)C)c2O)c1O. The van der Waals surface area contributed by atoms with E-state index in [1.165, 1.54) is 6.92 Å². The maximum absolute atomic E-state index is 10.4. The van der Waals surface area contributed by atoms with Gasteiger partial charge in [-0.2, -0.15) is 0 Å². The first-order valence-electron chi connectivity index (χ1n) is 6.98. The summed E-state index contributed by atoms with van der Waals surface area (Å²) in [5, 5.41) is 79.9. The molecule has 0 radical (unpaired) electrons. The number of benzene rings is 2. The van der Waals surface area contributed by atoms with E-state index in [1.54, 1.807) is 13.8 Å². The van der Waals surface area contributed by atoms with Gasteiger partial charge in [-0.05, 0) is 12.8 Å². The van der Waals surface area contributed by atoms with Crippen molar-refractivity contribution in [2.24, 2.45) is 0 Å². The molecule has 0 saturated carbocycles. The zero-order valence-electron chi connectivity index (χ0n) is 13.2. The van der Waals surface area contributed by atoms with Crippen molar-refractivity contribution in [3.05, 3.63) is 11.1 Å². The summed E-state index contributed by atoms with van der Waals surface area (Å²) in [6.45, 7) is 4.41. The van der Waals surface area contributed by atoms with E-state index in [4.69, 9.17) is 0 Å². The topological polar surface area (TPSA) is 162 Å². The fraction of sp³-hybridized carbons (Fsp3) is 0.250. The Balaban J connectivity index is 3.05. The lowest BCUT2D eigenvalue weighted by molar-refractivity contribution is 0.351. The van der Waals surface area contributed by atoms with E-state index >= 15 is 0 Å². The Morgan fingerprint density at radius 1 is 0.500 bits per heavy atom. The van der Waals surface area contributed by atoms with Crippen LogP contribution in [0.5, 0.6) is 46.0 Å². The highest BCUT2D eigenvalue weighted by Gasteiger charge is 2.31. The lowest BCUT2D eigenvalue weighted by Gasteiger charge is -2.20. The van der Waals surface area contributed by atoms with Crippen molar-refractivity contribution in [2.45, 2.75) is 26.7 Å². The predicted octanol–water partition coefficient (Wildman–Crippen LogP) is 2.43.